The second-order valence-electron chi connectivity index (χ2n) is 6.72. The van der Waals surface area contributed by atoms with E-state index in [1.165, 1.54) is 11.6 Å². The molecular weight excluding hydrogens is 288 g/mol. The number of hydrogen-bond donors (Lipinski definition) is 2. The number of benzene rings is 1. The van der Waals surface area contributed by atoms with E-state index in [2.05, 4.69) is 42.9 Å². The zero-order chi connectivity index (χ0) is 16.9. The molecule has 0 saturated heterocycles. The zero-order valence-electron chi connectivity index (χ0n) is 14.0. The van der Waals surface area contributed by atoms with E-state index in [0.29, 0.717) is 6.42 Å². The van der Waals surface area contributed by atoms with Crippen LogP contribution in [0.1, 0.15) is 50.6 Å². The standard InChI is InChI=1S/C19H24N2O2/c1-19(2,3)16-9-7-14(8-10-16)15(13-18(22)23)5-4-6-17-20-11-12-21-17/h7-13H,4-6H2,1-3H3,(H,20,21)(H,22,23)/b15-13-. The summed E-state index contributed by atoms with van der Waals surface area (Å²) < 4.78 is 0. The highest BCUT2D eigenvalue weighted by atomic mass is 16.4. The Morgan fingerprint density at radius 2 is 1.96 bits per heavy atom. The molecular formula is C19H24N2O2. The predicted octanol–water partition coefficient (Wildman–Crippen LogP) is 4.20. The van der Waals surface area contributed by atoms with Gasteiger partial charge in [0.25, 0.3) is 0 Å². The van der Waals surface area contributed by atoms with E-state index in [-0.39, 0.29) is 5.41 Å². The van der Waals surface area contributed by atoms with Crippen LogP contribution in [0.3, 0.4) is 0 Å². The maximum Gasteiger partial charge on any atom is 0.328 e. The van der Waals surface area contributed by atoms with E-state index >= 15 is 0 Å². The summed E-state index contributed by atoms with van der Waals surface area (Å²) in [6, 6.07) is 8.19. The van der Waals surface area contributed by atoms with Crippen molar-refractivity contribution in [2.45, 2.75) is 45.4 Å². The Balaban J connectivity index is 2.10. The summed E-state index contributed by atoms with van der Waals surface area (Å²) in [5, 5.41) is 9.12. The van der Waals surface area contributed by atoms with Crippen LogP contribution in [-0.2, 0) is 16.6 Å². The lowest BCUT2D eigenvalue weighted by atomic mass is 9.86. The zero-order valence-corrected chi connectivity index (χ0v) is 14.0. The average molecular weight is 312 g/mol. The molecule has 0 fully saturated rings. The minimum atomic E-state index is -0.905. The number of aromatic nitrogens is 2. The summed E-state index contributed by atoms with van der Waals surface area (Å²) in [5.74, 6) is 0.0284. The number of aromatic amines is 1. The third-order valence-electron chi connectivity index (χ3n) is 3.83. The highest BCUT2D eigenvalue weighted by Crippen LogP contribution is 2.26. The summed E-state index contributed by atoms with van der Waals surface area (Å²) in [4.78, 5) is 18.4. The number of allylic oxidation sites excluding steroid dienone is 1. The molecule has 0 saturated carbocycles. The lowest BCUT2D eigenvalue weighted by Gasteiger charge is -2.19. The smallest absolute Gasteiger partial charge is 0.328 e. The third kappa shape index (κ3) is 5.09. The molecule has 0 amide bonds. The average Bonchev–Trinajstić information content (AvgIpc) is 2.98. The van der Waals surface area contributed by atoms with Gasteiger partial charge in [0.15, 0.2) is 0 Å². The SMILES string of the molecule is CC(C)(C)c1ccc(/C(=C\C(=O)O)CCCc2ncc[nH]2)cc1. The van der Waals surface area contributed by atoms with Gasteiger partial charge in [-0.2, -0.15) is 0 Å². The number of carboxylic acids is 1. The van der Waals surface area contributed by atoms with Crippen LogP contribution in [0, 0.1) is 0 Å². The summed E-state index contributed by atoms with van der Waals surface area (Å²) in [7, 11) is 0. The van der Waals surface area contributed by atoms with Crippen LogP contribution >= 0.6 is 0 Å². The Morgan fingerprint density at radius 3 is 2.48 bits per heavy atom. The first-order valence-electron chi connectivity index (χ1n) is 7.89. The van der Waals surface area contributed by atoms with E-state index in [1.54, 1.807) is 12.4 Å². The van der Waals surface area contributed by atoms with Gasteiger partial charge in [-0.15, -0.1) is 0 Å². The molecule has 0 aliphatic rings. The molecule has 2 N–H and O–H groups in total. The van der Waals surface area contributed by atoms with Crippen molar-refractivity contribution in [1.82, 2.24) is 9.97 Å². The number of carboxylic acid groups (broad SMARTS) is 1. The maximum absolute atomic E-state index is 11.1. The molecule has 122 valence electrons. The van der Waals surface area contributed by atoms with Crippen LogP contribution in [0.4, 0.5) is 0 Å². The number of nitrogens with one attached hydrogen (secondary N) is 1. The molecule has 4 nitrogen and oxygen atoms in total. The van der Waals surface area contributed by atoms with Crippen molar-refractivity contribution in [3.8, 4) is 0 Å². The molecule has 0 atom stereocenters. The summed E-state index contributed by atoms with van der Waals surface area (Å²) in [6.07, 6.45) is 7.22. The van der Waals surface area contributed by atoms with E-state index in [9.17, 15) is 4.79 Å². The van der Waals surface area contributed by atoms with E-state index < -0.39 is 5.97 Å². The van der Waals surface area contributed by atoms with Crippen molar-refractivity contribution in [2.75, 3.05) is 0 Å². The number of imidazole rings is 1. The Labute approximate surface area is 137 Å². The summed E-state index contributed by atoms with van der Waals surface area (Å²) >= 11 is 0. The van der Waals surface area contributed by atoms with Crippen LogP contribution in [0.25, 0.3) is 5.57 Å². The fraction of sp³-hybridized carbons (Fsp3) is 0.368. The van der Waals surface area contributed by atoms with E-state index in [4.69, 9.17) is 5.11 Å². The van der Waals surface area contributed by atoms with Gasteiger partial charge in [-0.1, -0.05) is 45.0 Å². The van der Waals surface area contributed by atoms with Gasteiger partial charge < -0.3 is 10.1 Å². The van der Waals surface area contributed by atoms with E-state index in [0.717, 1.165) is 29.8 Å². The first-order valence-corrected chi connectivity index (χ1v) is 7.89. The number of aryl methyl sites for hydroxylation is 1. The van der Waals surface area contributed by atoms with Crippen LogP contribution in [0.15, 0.2) is 42.7 Å². The van der Waals surface area contributed by atoms with Crippen LogP contribution in [-0.4, -0.2) is 21.0 Å². The molecule has 0 aliphatic carbocycles. The van der Waals surface area contributed by atoms with Crippen molar-refractivity contribution in [3.63, 3.8) is 0 Å². The van der Waals surface area contributed by atoms with Crippen molar-refractivity contribution < 1.29 is 9.90 Å². The monoisotopic (exact) mass is 312 g/mol. The number of carbonyl (C=O) groups is 1. The quantitative estimate of drug-likeness (QED) is 0.786. The third-order valence-corrected chi connectivity index (χ3v) is 3.83. The van der Waals surface area contributed by atoms with Gasteiger partial charge >= 0.3 is 5.97 Å². The van der Waals surface area contributed by atoms with E-state index in [1.807, 2.05) is 12.1 Å². The van der Waals surface area contributed by atoms with Gasteiger partial charge in [0.2, 0.25) is 0 Å². The van der Waals surface area contributed by atoms with Gasteiger partial charge in [-0.05, 0) is 35.0 Å². The minimum Gasteiger partial charge on any atom is -0.478 e. The molecule has 0 unspecified atom stereocenters. The first kappa shape index (κ1) is 17.0. The molecule has 0 aliphatic heterocycles. The van der Waals surface area contributed by atoms with Crippen LogP contribution < -0.4 is 0 Å². The van der Waals surface area contributed by atoms with Crippen molar-refractivity contribution in [2.24, 2.45) is 0 Å². The molecule has 0 spiro atoms. The predicted molar refractivity (Wildman–Crippen MR) is 92.3 cm³/mol. The topological polar surface area (TPSA) is 66.0 Å². The van der Waals surface area contributed by atoms with Crippen LogP contribution in [0.5, 0.6) is 0 Å². The summed E-state index contributed by atoms with van der Waals surface area (Å²) in [6.45, 7) is 6.50. The fourth-order valence-corrected chi connectivity index (χ4v) is 2.51. The largest absolute Gasteiger partial charge is 0.478 e. The Kier molecular flexibility index (Phi) is 5.37. The van der Waals surface area contributed by atoms with Crippen molar-refractivity contribution in [3.05, 3.63) is 59.7 Å². The molecule has 0 bridgehead atoms. The molecule has 1 aromatic heterocycles. The van der Waals surface area contributed by atoms with Gasteiger partial charge in [0.05, 0.1) is 0 Å². The van der Waals surface area contributed by atoms with Gasteiger partial charge in [-0.25, -0.2) is 9.78 Å². The lowest BCUT2D eigenvalue weighted by molar-refractivity contribution is -0.131. The second kappa shape index (κ2) is 7.27. The molecule has 1 aromatic carbocycles. The Morgan fingerprint density at radius 1 is 1.26 bits per heavy atom. The van der Waals surface area contributed by atoms with Crippen molar-refractivity contribution >= 4 is 11.5 Å². The number of H-pyrrole nitrogens is 1. The number of nitrogens with zero attached hydrogens (tertiary/aromatic N) is 1. The molecule has 4 heteroatoms. The first-order chi connectivity index (χ1) is 10.9. The maximum atomic E-state index is 11.1. The number of hydrogen-bond acceptors (Lipinski definition) is 2. The highest BCUT2D eigenvalue weighted by molar-refractivity contribution is 5.90. The second-order valence-corrected chi connectivity index (χ2v) is 6.72. The number of rotatable bonds is 6. The normalized spacial score (nSPS) is 12.4. The molecule has 23 heavy (non-hydrogen) atoms. The molecule has 0 radical (unpaired) electrons. The Hall–Kier alpha value is -2.36. The Bertz CT molecular complexity index is 662. The fourth-order valence-electron chi connectivity index (χ4n) is 2.51. The molecule has 2 aromatic rings. The number of aliphatic carboxylic acids is 1. The molecule has 1 heterocycles. The van der Waals surface area contributed by atoms with Gasteiger partial charge in [0.1, 0.15) is 5.82 Å². The van der Waals surface area contributed by atoms with Gasteiger partial charge in [0, 0.05) is 24.9 Å². The highest BCUT2D eigenvalue weighted by Gasteiger charge is 2.13. The van der Waals surface area contributed by atoms with Crippen LogP contribution in [0.2, 0.25) is 0 Å². The minimum absolute atomic E-state index is 0.0918. The van der Waals surface area contributed by atoms with Crippen molar-refractivity contribution in [1.29, 1.82) is 0 Å². The van der Waals surface area contributed by atoms with Gasteiger partial charge in [-0.3, -0.25) is 0 Å². The lowest BCUT2D eigenvalue weighted by Crippen LogP contribution is -2.10. The molecule has 2 rings (SSSR count). The summed E-state index contributed by atoms with van der Waals surface area (Å²) in [5.41, 5.74) is 3.16.